The Labute approximate surface area is 255 Å². The summed E-state index contributed by atoms with van der Waals surface area (Å²) in [6.07, 6.45) is 3.94. The Morgan fingerprint density at radius 1 is 0.767 bits per heavy atom. The molecule has 238 valence electrons. The molecule has 1 aromatic rings. The van der Waals surface area contributed by atoms with Crippen molar-refractivity contribution in [3.8, 4) is 0 Å². The van der Waals surface area contributed by atoms with E-state index < -0.39 is 41.8 Å². The van der Waals surface area contributed by atoms with Crippen LogP contribution in [0.15, 0.2) is 30.3 Å². The van der Waals surface area contributed by atoms with Crippen molar-refractivity contribution in [3.05, 3.63) is 41.5 Å². The number of fused-ring (bicyclic) bond motifs is 1. The minimum atomic E-state index is -1.13. The van der Waals surface area contributed by atoms with Crippen molar-refractivity contribution in [2.75, 3.05) is 0 Å². The van der Waals surface area contributed by atoms with Gasteiger partial charge in [0.15, 0.2) is 0 Å². The molecule has 0 unspecified atom stereocenters. The maximum absolute atomic E-state index is 13.7. The van der Waals surface area contributed by atoms with E-state index in [1.54, 1.807) is 19.1 Å². The van der Waals surface area contributed by atoms with Crippen molar-refractivity contribution < 1.29 is 29.1 Å². The van der Waals surface area contributed by atoms with Crippen LogP contribution < -0.4 is 21.3 Å². The molecule has 0 saturated carbocycles. The monoisotopic (exact) mass is 598 g/mol. The van der Waals surface area contributed by atoms with Crippen molar-refractivity contribution in [2.45, 2.75) is 105 Å². The Bertz CT molecular complexity index is 1200. The first kappa shape index (κ1) is 35.5. The number of carbonyl (C=O) groups is 5. The number of hydrogen-bond acceptors (Lipinski definition) is 5. The first-order valence-corrected chi connectivity index (χ1v) is 15.6. The average Bonchev–Trinajstić information content (AvgIpc) is 3.00. The van der Waals surface area contributed by atoms with Gasteiger partial charge in [-0.1, -0.05) is 99.3 Å². The fraction of sp³-hybridized carbons (Fsp3) is 0.606. The summed E-state index contributed by atoms with van der Waals surface area (Å²) in [5, 5.41) is 21.0. The van der Waals surface area contributed by atoms with Gasteiger partial charge in [-0.15, -0.1) is 0 Å². The Balaban J connectivity index is 2.37. The zero-order valence-corrected chi connectivity index (χ0v) is 26.8. The normalized spacial score (nSPS) is 20.3. The van der Waals surface area contributed by atoms with Crippen LogP contribution in [0.4, 0.5) is 0 Å². The van der Waals surface area contributed by atoms with E-state index in [2.05, 4.69) is 21.3 Å². The van der Waals surface area contributed by atoms with Crippen LogP contribution in [0.5, 0.6) is 0 Å². The van der Waals surface area contributed by atoms with E-state index in [0.29, 0.717) is 36.0 Å². The highest BCUT2D eigenvalue weighted by Crippen LogP contribution is 2.31. The molecule has 8 atom stereocenters. The fourth-order valence-electron chi connectivity index (χ4n) is 5.16. The van der Waals surface area contributed by atoms with E-state index in [9.17, 15) is 29.1 Å². The highest BCUT2D eigenvalue weighted by Gasteiger charge is 2.36. The quantitative estimate of drug-likeness (QED) is 0.193. The molecular weight excluding hydrogens is 548 g/mol. The molecular formula is C33H50N4O6. The van der Waals surface area contributed by atoms with Crippen LogP contribution in [0.25, 0.3) is 5.57 Å². The predicted molar refractivity (Wildman–Crippen MR) is 167 cm³/mol. The topological polar surface area (TPSA) is 154 Å². The van der Waals surface area contributed by atoms with Gasteiger partial charge in [-0.25, -0.2) is 4.79 Å². The van der Waals surface area contributed by atoms with Gasteiger partial charge in [-0.3, -0.25) is 19.2 Å². The molecule has 43 heavy (non-hydrogen) atoms. The highest BCUT2D eigenvalue weighted by atomic mass is 16.4. The summed E-state index contributed by atoms with van der Waals surface area (Å²) in [6, 6.07) is 3.73. The number of amides is 4. The fourth-order valence-corrected chi connectivity index (χ4v) is 5.16. The van der Waals surface area contributed by atoms with Gasteiger partial charge < -0.3 is 26.4 Å². The van der Waals surface area contributed by atoms with Crippen LogP contribution in [0.2, 0.25) is 0 Å². The molecule has 2 rings (SSSR count). The zero-order chi connectivity index (χ0) is 32.4. The Morgan fingerprint density at radius 2 is 1.23 bits per heavy atom. The second-order valence-corrected chi connectivity index (χ2v) is 11.9. The highest BCUT2D eigenvalue weighted by molar-refractivity contribution is 6.07. The standard InChI is InChI=1S/C33H50N4O6/c1-9-18(5)26-24(22-15-13-14-16-23(22)30(39)35-26)17-25(38)34-27(19(6)10-2)31(40)36-28(20(7)11-3)32(41)37-29(33(42)43)21(8)12-4/h13-21,26-29H,9-12H2,1-8H3,(H,34,38)(H,35,39)(H,36,40)(H,37,41)(H,42,43)/b24-17-/t18-,19-,20-,21-,26-,27-,28-,29-/m0/s1. The molecule has 5 N–H and O–H groups in total. The zero-order valence-electron chi connectivity index (χ0n) is 26.8. The maximum Gasteiger partial charge on any atom is 0.326 e. The lowest BCUT2D eigenvalue weighted by molar-refractivity contribution is -0.144. The first-order valence-electron chi connectivity index (χ1n) is 15.6. The average molecular weight is 599 g/mol. The van der Waals surface area contributed by atoms with E-state index >= 15 is 0 Å². The van der Waals surface area contributed by atoms with Gasteiger partial charge in [-0.2, -0.15) is 0 Å². The van der Waals surface area contributed by atoms with Gasteiger partial charge in [-0.05, 0) is 40.9 Å². The van der Waals surface area contributed by atoms with Crippen molar-refractivity contribution in [3.63, 3.8) is 0 Å². The molecule has 1 aromatic carbocycles. The molecule has 0 aliphatic carbocycles. The summed E-state index contributed by atoms with van der Waals surface area (Å²) in [7, 11) is 0. The van der Waals surface area contributed by atoms with Gasteiger partial charge in [0.1, 0.15) is 18.1 Å². The van der Waals surface area contributed by atoms with Gasteiger partial charge in [0.25, 0.3) is 5.91 Å². The molecule has 0 radical (unpaired) electrons. The Morgan fingerprint density at radius 3 is 1.72 bits per heavy atom. The second kappa shape index (κ2) is 16.2. The molecule has 0 aromatic heterocycles. The molecule has 1 aliphatic rings. The maximum atomic E-state index is 13.7. The molecule has 1 aliphatic heterocycles. The SMILES string of the molecule is CC[C@H](C)[C@H](NC(=O)[C@@H](NC(=O)[C@@H](NC(=O)/C=C1/c2ccccc2C(=O)N[C@H]1[C@@H](C)CC)[C@@H](C)CC)[C@@H](C)CC)C(=O)O. The minimum Gasteiger partial charge on any atom is -0.480 e. The molecule has 0 saturated heterocycles. The smallest absolute Gasteiger partial charge is 0.326 e. The summed E-state index contributed by atoms with van der Waals surface area (Å²) >= 11 is 0. The number of benzene rings is 1. The van der Waals surface area contributed by atoms with Crippen molar-refractivity contribution >= 4 is 35.2 Å². The second-order valence-electron chi connectivity index (χ2n) is 11.9. The number of carboxylic acid groups (broad SMARTS) is 1. The number of carbonyl (C=O) groups excluding carboxylic acids is 4. The van der Waals surface area contributed by atoms with Crippen LogP contribution in [0.3, 0.4) is 0 Å². The lowest BCUT2D eigenvalue weighted by Crippen LogP contribution is -2.59. The van der Waals surface area contributed by atoms with E-state index in [1.165, 1.54) is 6.08 Å². The van der Waals surface area contributed by atoms with Crippen molar-refractivity contribution in [2.24, 2.45) is 23.7 Å². The third-order valence-electron chi connectivity index (χ3n) is 8.97. The number of hydrogen-bond donors (Lipinski definition) is 5. The number of nitrogens with one attached hydrogen (secondary N) is 4. The van der Waals surface area contributed by atoms with Crippen LogP contribution in [0, 0.1) is 23.7 Å². The summed E-state index contributed by atoms with van der Waals surface area (Å²) < 4.78 is 0. The van der Waals surface area contributed by atoms with Crippen LogP contribution in [-0.2, 0) is 19.2 Å². The summed E-state index contributed by atoms with van der Waals surface area (Å²) in [6.45, 7) is 15.1. The van der Waals surface area contributed by atoms with Gasteiger partial charge in [0, 0.05) is 11.6 Å². The minimum absolute atomic E-state index is 0.0601. The number of rotatable bonds is 15. The lowest BCUT2D eigenvalue weighted by atomic mass is 9.82. The predicted octanol–water partition coefficient (Wildman–Crippen LogP) is 3.91. The molecule has 0 spiro atoms. The van der Waals surface area contributed by atoms with Gasteiger partial charge in [0.05, 0.1) is 6.04 Å². The van der Waals surface area contributed by atoms with Crippen molar-refractivity contribution in [1.29, 1.82) is 0 Å². The van der Waals surface area contributed by atoms with Crippen LogP contribution in [0.1, 0.15) is 97.0 Å². The first-order chi connectivity index (χ1) is 20.3. The van der Waals surface area contributed by atoms with E-state index in [-0.39, 0.29) is 35.6 Å². The van der Waals surface area contributed by atoms with Gasteiger partial charge >= 0.3 is 5.97 Å². The Kier molecular flexibility index (Phi) is 13.4. The number of carboxylic acids is 1. The van der Waals surface area contributed by atoms with E-state index in [0.717, 1.165) is 6.42 Å². The summed E-state index contributed by atoms with van der Waals surface area (Å²) in [5.41, 5.74) is 1.84. The Hall–Kier alpha value is -3.69. The molecule has 4 amide bonds. The molecule has 1 heterocycles. The lowest BCUT2D eigenvalue weighted by Gasteiger charge is -2.33. The van der Waals surface area contributed by atoms with Crippen molar-refractivity contribution in [1.82, 2.24) is 21.3 Å². The molecule has 0 fully saturated rings. The van der Waals surface area contributed by atoms with E-state index in [1.807, 2.05) is 60.6 Å². The summed E-state index contributed by atoms with van der Waals surface area (Å²) in [4.78, 5) is 65.1. The van der Waals surface area contributed by atoms with Gasteiger partial charge in [0.2, 0.25) is 17.7 Å². The summed E-state index contributed by atoms with van der Waals surface area (Å²) in [5.74, 6) is -3.70. The largest absolute Gasteiger partial charge is 0.480 e. The molecule has 0 bridgehead atoms. The molecule has 10 heteroatoms. The third-order valence-corrected chi connectivity index (χ3v) is 8.97. The van der Waals surface area contributed by atoms with Crippen LogP contribution in [-0.4, -0.2) is 58.9 Å². The van der Waals surface area contributed by atoms with E-state index in [4.69, 9.17) is 0 Å². The number of aliphatic carboxylic acids is 1. The molecule has 10 nitrogen and oxygen atoms in total. The third kappa shape index (κ3) is 8.91. The van der Waals surface area contributed by atoms with Crippen LogP contribution >= 0.6 is 0 Å².